The molecule has 1 unspecified atom stereocenters. The zero-order valence-corrected chi connectivity index (χ0v) is 20.2. The summed E-state index contributed by atoms with van der Waals surface area (Å²) < 4.78 is 46.6. The number of carbonyl (C=O) groups is 2. The summed E-state index contributed by atoms with van der Waals surface area (Å²) in [4.78, 5) is 26.7. The summed E-state index contributed by atoms with van der Waals surface area (Å²) in [5.74, 6) is -1.01. The topological polar surface area (TPSA) is 80.2 Å². The Kier molecular flexibility index (Phi) is 7.40. The lowest BCUT2D eigenvalue weighted by molar-refractivity contribution is -0.274. The van der Waals surface area contributed by atoms with Crippen LogP contribution >= 0.6 is 11.6 Å². The number of nitrogens with one attached hydrogen (secondary N) is 1. The number of benzene rings is 3. The van der Waals surface area contributed by atoms with Gasteiger partial charge in [-0.15, -0.1) is 13.2 Å². The lowest BCUT2D eigenvalue weighted by Gasteiger charge is -2.29. The molecule has 4 rings (SSSR count). The Balaban J connectivity index is 1.69. The molecule has 11 heteroatoms. The molecule has 7 nitrogen and oxygen atoms in total. The summed E-state index contributed by atoms with van der Waals surface area (Å²) in [6, 6.07) is 19.5. The third-order valence-corrected chi connectivity index (χ3v) is 5.85. The van der Waals surface area contributed by atoms with Crippen molar-refractivity contribution in [3.05, 3.63) is 95.0 Å². The van der Waals surface area contributed by atoms with Crippen LogP contribution in [0.4, 0.5) is 23.7 Å². The van der Waals surface area contributed by atoms with Crippen LogP contribution in [-0.2, 0) is 14.9 Å². The number of ether oxygens (including phenoxy) is 2. The molecular weight excluding hydrogens is 511 g/mol. The van der Waals surface area contributed by atoms with Gasteiger partial charge >= 0.3 is 18.4 Å². The highest BCUT2D eigenvalue weighted by molar-refractivity contribution is 6.31. The highest BCUT2D eigenvalue weighted by Crippen LogP contribution is 2.37. The number of esters is 1. The molecule has 0 fully saturated rings. The van der Waals surface area contributed by atoms with E-state index in [-0.39, 0.29) is 24.6 Å². The van der Waals surface area contributed by atoms with Crippen molar-refractivity contribution in [1.29, 1.82) is 0 Å². The van der Waals surface area contributed by atoms with Gasteiger partial charge in [-0.1, -0.05) is 54.1 Å². The van der Waals surface area contributed by atoms with Crippen molar-refractivity contribution in [1.82, 2.24) is 5.01 Å². The van der Waals surface area contributed by atoms with Crippen molar-refractivity contribution >= 4 is 35.0 Å². The molecule has 37 heavy (non-hydrogen) atoms. The quantitative estimate of drug-likeness (QED) is 0.396. The number of carbonyl (C=O) groups excluding carboxylic acids is 2. The molecule has 0 radical (unpaired) electrons. The van der Waals surface area contributed by atoms with Crippen molar-refractivity contribution in [3.63, 3.8) is 0 Å². The molecular formula is C26H21ClF3N3O4. The molecule has 2 amide bonds. The van der Waals surface area contributed by atoms with E-state index in [0.717, 1.165) is 17.1 Å². The second-order valence-corrected chi connectivity index (χ2v) is 8.44. The molecule has 1 atom stereocenters. The number of rotatable bonds is 6. The molecule has 1 heterocycles. The number of nitrogens with zero attached hydrogens (tertiary/aromatic N) is 2. The van der Waals surface area contributed by atoms with Crippen LogP contribution in [0.15, 0.2) is 84.0 Å². The number of anilines is 1. The highest BCUT2D eigenvalue weighted by Gasteiger charge is 2.53. The Morgan fingerprint density at radius 2 is 1.68 bits per heavy atom. The molecule has 0 aliphatic carbocycles. The maximum Gasteiger partial charge on any atom is 0.573 e. The van der Waals surface area contributed by atoms with Crippen molar-refractivity contribution in [2.75, 3.05) is 18.5 Å². The van der Waals surface area contributed by atoms with Crippen molar-refractivity contribution in [3.8, 4) is 5.75 Å². The first-order valence-electron chi connectivity index (χ1n) is 11.1. The molecule has 3 aromatic carbocycles. The van der Waals surface area contributed by atoms with Crippen LogP contribution in [0.1, 0.15) is 18.1 Å². The van der Waals surface area contributed by atoms with E-state index in [1.54, 1.807) is 61.5 Å². The Labute approximate surface area is 215 Å². The van der Waals surface area contributed by atoms with Crippen LogP contribution in [0.5, 0.6) is 5.75 Å². The largest absolute Gasteiger partial charge is 0.573 e. The molecule has 0 saturated heterocycles. The number of urea groups is 1. The van der Waals surface area contributed by atoms with Crippen LogP contribution in [0.3, 0.4) is 0 Å². The fourth-order valence-corrected chi connectivity index (χ4v) is 4.11. The number of alkyl halides is 3. The second kappa shape index (κ2) is 10.5. The van der Waals surface area contributed by atoms with Crippen LogP contribution in [-0.4, -0.2) is 42.2 Å². The summed E-state index contributed by atoms with van der Waals surface area (Å²) in [5, 5.41) is 8.66. The summed E-state index contributed by atoms with van der Waals surface area (Å²) in [7, 11) is 0. The molecule has 3 aromatic rings. The van der Waals surface area contributed by atoms with Gasteiger partial charge in [-0.05, 0) is 54.4 Å². The number of amides is 2. The number of hydrogen-bond donors (Lipinski definition) is 1. The molecule has 1 aliphatic rings. The van der Waals surface area contributed by atoms with E-state index in [1.807, 2.05) is 0 Å². The van der Waals surface area contributed by atoms with Crippen molar-refractivity contribution < 1.29 is 32.2 Å². The molecule has 0 saturated carbocycles. The fraction of sp³-hybridized carbons (Fsp3) is 0.192. The van der Waals surface area contributed by atoms with Gasteiger partial charge in [0.15, 0.2) is 5.41 Å². The number of hydrazone groups is 1. The molecule has 1 N–H and O–H groups in total. The lowest BCUT2D eigenvalue weighted by Crippen LogP contribution is -2.48. The minimum absolute atomic E-state index is 0.111. The van der Waals surface area contributed by atoms with E-state index >= 15 is 0 Å². The highest BCUT2D eigenvalue weighted by atomic mass is 35.5. The van der Waals surface area contributed by atoms with Crippen LogP contribution in [0.25, 0.3) is 0 Å². The first-order valence-corrected chi connectivity index (χ1v) is 11.5. The zero-order chi connectivity index (χ0) is 26.6. The summed E-state index contributed by atoms with van der Waals surface area (Å²) in [5.41, 5.74) is 0.192. The minimum Gasteiger partial charge on any atom is -0.465 e. The smallest absolute Gasteiger partial charge is 0.465 e. The van der Waals surface area contributed by atoms with Gasteiger partial charge in [0.1, 0.15) is 5.75 Å². The number of hydrogen-bond acceptors (Lipinski definition) is 5. The Morgan fingerprint density at radius 3 is 2.27 bits per heavy atom. The maximum atomic E-state index is 13.5. The third kappa shape index (κ3) is 5.69. The van der Waals surface area contributed by atoms with E-state index in [0.29, 0.717) is 16.1 Å². The summed E-state index contributed by atoms with van der Waals surface area (Å²) >= 11 is 6.06. The Hall–Kier alpha value is -4.05. The number of halogens is 4. The van der Waals surface area contributed by atoms with E-state index in [9.17, 15) is 22.8 Å². The van der Waals surface area contributed by atoms with Gasteiger partial charge in [-0.2, -0.15) is 5.10 Å². The monoisotopic (exact) mass is 531 g/mol. The average molecular weight is 532 g/mol. The predicted octanol–water partition coefficient (Wildman–Crippen LogP) is 5.99. The average Bonchev–Trinajstić information content (AvgIpc) is 3.28. The normalized spacial score (nSPS) is 17.2. The molecule has 0 spiro atoms. The van der Waals surface area contributed by atoms with E-state index in [1.165, 1.54) is 12.1 Å². The maximum absolute atomic E-state index is 13.5. The van der Waals surface area contributed by atoms with E-state index in [2.05, 4.69) is 15.2 Å². The fourth-order valence-electron chi connectivity index (χ4n) is 3.98. The van der Waals surface area contributed by atoms with Crippen LogP contribution in [0.2, 0.25) is 5.02 Å². The lowest BCUT2D eigenvalue weighted by atomic mass is 9.74. The van der Waals surface area contributed by atoms with Crippen molar-refractivity contribution in [2.45, 2.75) is 18.7 Å². The van der Waals surface area contributed by atoms with E-state index < -0.39 is 29.5 Å². The zero-order valence-electron chi connectivity index (χ0n) is 19.5. The van der Waals surface area contributed by atoms with Crippen LogP contribution < -0.4 is 10.1 Å². The van der Waals surface area contributed by atoms with Gasteiger partial charge in [0.05, 0.1) is 18.9 Å². The first kappa shape index (κ1) is 26.0. The van der Waals surface area contributed by atoms with Gasteiger partial charge in [-0.25, -0.2) is 9.80 Å². The molecule has 1 aliphatic heterocycles. The molecule has 0 bridgehead atoms. The third-order valence-electron chi connectivity index (χ3n) is 5.59. The van der Waals surface area contributed by atoms with Crippen molar-refractivity contribution in [2.24, 2.45) is 5.10 Å². The minimum atomic E-state index is -4.83. The van der Waals surface area contributed by atoms with Crippen LogP contribution in [0, 0.1) is 0 Å². The van der Waals surface area contributed by atoms with Gasteiger partial charge in [-0.3, -0.25) is 4.79 Å². The summed E-state index contributed by atoms with van der Waals surface area (Å²) in [6.07, 6.45) is -4.83. The van der Waals surface area contributed by atoms with Gasteiger partial charge in [0, 0.05) is 10.7 Å². The molecule has 192 valence electrons. The summed E-state index contributed by atoms with van der Waals surface area (Å²) in [6.45, 7) is 1.62. The van der Waals surface area contributed by atoms with Gasteiger partial charge in [0.25, 0.3) is 0 Å². The SMILES string of the molecule is CCOC(=O)C1(c2ccccc2)CN(C(=O)Nc2ccc(OC(F)(F)F)cc2)N=C1c1ccc(Cl)cc1. The van der Waals surface area contributed by atoms with Gasteiger partial charge in [0.2, 0.25) is 0 Å². The Morgan fingerprint density at radius 1 is 1.03 bits per heavy atom. The second-order valence-electron chi connectivity index (χ2n) is 8.01. The Bertz CT molecular complexity index is 1300. The first-order chi connectivity index (χ1) is 17.6. The van der Waals surface area contributed by atoms with E-state index in [4.69, 9.17) is 16.3 Å². The molecule has 0 aromatic heterocycles. The standard InChI is InChI=1S/C26H21ClF3N3O4/c1-2-36-23(34)25(18-6-4-3-5-7-18)16-33(32-22(25)17-8-10-19(27)11-9-17)24(35)31-20-12-14-21(15-13-20)37-26(28,29)30/h3-15H,2,16H2,1H3,(H,31,35). The van der Waals surface area contributed by atoms with Gasteiger partial charge < -0.3 is 14.8 Å². The predicted molar refractivity (Wildman–Crippen MR) is 132 cm³/mol.